The van der Waals surface area contributed by atoms with Crippen LogP contribution in [-0.4, -0.2) is 29.8 Å². The predicted molar refractivity (Wildman–Crippen MR) is 68.7 cm³/mol. The molecule has 0 aromatic heterocycles. The first-order valence-electron chi connectivity index (χ1n) is 6.37. The fourth-order valence-corrected chi connectivity index (χ4v) is 2.91. The molecular weight excluding hydrogens is 222 g/mol. The highest BCUT2D eigenvalue weighted by atomic mass is 35.5. The molecule has 0 aromatic rings. The molecule has 0 bridgehead atoms. The first-order chi connectivity index (χ1) is 7.53. The average molecular weight is 246 g/mol. The molecule has 16 heavy (non-hydrogen) atoms. The summed E-state index contributed by atoms with van der Waals surface area (Å²) < 4.78 is 0. The monoisotopic (exact) mass is 245 g/mol. The topological polar surface area (TPSA) is 20.3 Å². The third-order valence-electron chi connectivity index (χ3n) is 3.71. The van der Waals surface area contributed by atoms with Crippen LogP contribution < -0.4 is 0 Å². The molecule has 1 fully saturated rings. The van der Waals surface area contributed by atoms with Gasteiger partial charge in [0.15, 0.2) is 0 Å². The lowest BCUT2D eigenvalue weighted by molar-refractivity contribution is -0.138. The van der Waals surface area contributed by atoms with E-state index in [9.17, 15) is 4.79 Å². The molecule has 2 nitrogen and oxygen atoms in total. The second kappa shape index (κ2) is 5.90. The van der Waals surface area contributed by atoms with E-state index >= 15 is 0 Å². The van der Waals surface area contributed by atoms with E-state index in [1.165, 1.54) is 12.8 Å². The minimum atomic E-state index is 0.176. The highest BCUT2D eigenvalue weighted by Gasteiger charge is 2.40. The molecule has 94 valence electrons. The number of rotatable bonds is 5. The third-order valence-corrected chi connectivity index (χ3v) is 3.88. The average Bonchev–Trinajstić information content (AvgIpc) is 2.57. The van der Waals surface area contributed by atoms with Crippen LogP contribution in [0.1, 0.15) is 46.5 Å². The Morgan fingerprint density at radius 1 is 1.44 bits per heavy atom. The highest BCUT2D eigenvalue weighted by Crippen LogP contribution is 2.43. The summed E-state index contributed by atoms with van der Waals surface area (Å²) in [6, 6.07) is 0. The molecule has 3 heteroatoms. The molecule has 0 radical (unpaired) electrons. The quantitative estimate of drug-likeness (QED) is 0.681. The Labute approximate surface area is 104 Å². The van der Waals surface area contributed by atoms with Crippen LogP contribution in [0.3, 0.4) is 0 Å². The summed E-state index contributed by atoms with van der Waals surface area (Å²) in [4.78, 5) is 14.4. The van der Waals surface area contributed by atoms with Crippen LogP contribution in [0.5, 0.6) is 0 Å². The molecule has 0 N–H and O–H groups in total. The van der Waals surface area contributed by atoms with Crippen LogP contribution in [-0.2, 0) is 4.79 Å². The van der Waals surface area contributed by atoms with Crippen molar-refractivity contribution in [2.24, 2.45) is 11.3 Å². The van der Waals surface area contributed by atoms with E-state index in [1.54, 1.807) is 0 Å². The van der Waals surface area contributed by atoms with Gasteiger partial charge < -0.3 is 4.90 Å². The zero-order valence-corrected chi connectivity index (χ0v) is 11.5. The molecular formula is C13H24ClNO. The van der Waals surface area contributed by atoms with E-state index in [-0.39, 0.29) is 11.3 Å². The number of hydrogen-bond acceptors (Lipinski definition) is 1. The fraction of sp³-hybridized carbons (Fsp3) is 0.923. The third kappa shape index (κ3) is 3.13. The van der Waals surface area contributed by atoms with E-state index in [1.807, 2.05) is 4.90 Å². The molecule has 1 saturated carbocycles. The summed E-state index contributed by atoms with van der Waals surface area (Å²) in [7, 11) is 0. The predicted octanol–water partition coefficient (Wildman–Crippen LogP) is 3.29. The fourth-order valence-electron chi connectivity index (χ4n) is 2.71. The van der Waals surface area contributed by atoms with Gasteiger partial charge in [0.05, 0.1) is 0 Å². The Hall–Kier alpha value is -0.240. The molecule has 0 aliphatic heterocycles. The lowest BCUT2D eigenvalue weighted by atomic mass is 9.81. The van der Waals surface area contributed by atoms with Crippen molar-refractivity contribution < 1.29 is 4.79 Å². The van der Waals surface area contributed by atoms with Crippen LogP contribution in [0.15, 0.2) is 0 Å². The Balaban J connectivity index is 2.66. The standard InChI is InChI=1S/C13H24ClNO/c1-4-9-15(10-8-14)12(16)11-6-5-7-13(11,2)3/h11H,4-10H2,1-3H3. The molecule has 1 aliphatic carbocycles. The molecule has 1 rings (SSSR count). The van der Waals surface area contributed by atoms with Crippen molar-refractivity contribution in [2.75, 3.05) is 19.0 Å². The van der Waals surface area contributed by atoms with Gasteiger partial charge in [-0.05, 0) is 24.7 Å². The van der Waals surface area contributed by atoms with Gasteiger partial charge in [-0.3, -0.25) is 4.79 Å². The molecule has 0 spiro atoms. The summed E-state index contributed by atoms with van der Waals surface area (Å²) in [5.41, 5.74) is 0.176. The zero-order valence-electron chi connectivity index (χ0n) is 10.8. The number of hydrogen-bond donors (Lipinski definition) is 0. The van der Waals surface area contributed by atoms with E-state index in [0.717, 1.165) is 19.4 Å². The Kier molecular flexibility index (Phi) is 5.10. The SMILES string of the molecule is CCCN(CCCl)C(=O)C1CCCC1(C)C. The van der Waals surface area contributed by atoms with Gasteiger partial charge in [-0.2, -0.15) is 0 Å². The summed E-state index contributed by atoms with van der Waals surface area (Å²) in [5.74, 6) is 1.08. The van der Waals surface area contributed by atoms with Crippen LogP contribution in [0.4, 0.5) is 0 Å². The van der Waals surface area contributed by atoms with Crippen LogP contribution in [0.25, 0.3) is 0 Å². The van der Waals surface area contributed by atoms with E-state index in [0.29, 0.717) is 18.3 Å². The molecule has 0 saturated heterocycles. The van der Waals surface area contributed by atoms with E-state index < -0.39 is 0 Å². The number of alkyl halides is 1. The highest BCUT2D eigenvalue weighted by molar-refractivity contribution is 6.18. The first kappa shape index (κ1) is 13.8. The van der Waals surface area contributed by atoms with Crippen molar-refractivity contribution in [3.8, 4) is 0 Å². The van der Waals surface area contributed by atoms with Gasteiger partial charge in [0.25, 0.3) is 0 Å². The Bertz CT molecular complexity index is 234. The summed E-state index contributed by atoms with van der Waals surface area (Å²) >= 11 is 5.76. The summed E-state index contributed by atoms with van der Waals surface area (Å²) in [5, 5.41) is 0. The Morgan fingerprint density at radius 3 is 2.56 bits per heavy atom. The largest absolute Gasteiger partial charge is 0.341 e. The van der Waals surface area contributed by atoms with Gasteiger partial charge in [-0.1, -0.05) is 27.2 Å². The maximum atomic E-state index is 12.4. The molecule has 1 unspecified atom stereocenters. The second-order valence-corrected chi connectivity index (χ2v) is 5.83. The number of amides is 1. The Morgan fingerprint density at radius 2 is 2.12 bits per heavy atom. The van der Waals surface area contributed by atoms with Crippen LogP contribution in [0, 0.1) is 11.3 Å². The summed E-state index contributed by atoms with van der Waals surface area (Å²) in [6.07, 6.45) is 4.42. The first-order valence-corrected chi connectivity index (χ1v) is 6.91. The van der Waals surface area contributed by atoms with Gasteiger partial charge in [0.1, 0.15) is 0 Å². The summed E-state index contributed by atoms with van der Waals surface area (Å²) in [6.45, 7) is 8.08. The van der Waals surface area contributed by atoms with Crippen LogP contribution >= 0.6 is 11.6 Å². The maximum Gasteiger partial charge on any atom is 0.226 e. The normalized spacial score (nSPS) is 23.4. The van der Waals surface area contributed by atoms with Crippen molar-refractivity contribution in [1.82, 2.24) is 4.90 Å². The number of carbonyl (C=O) groups excluding carboxylic acids is 1. The zero-order chi connectivity index (χ0) is 12.2. The minimum Gasteiger partial charge on any atom is -0.341 e. The molecule has 1 amide bonds. The number of nitrogens with zero attached hydrogens (tertiary/aromatic N) is 1. The molecule has 0 heterocycles. The van der Waals surface area contributed by atoms with Crippen LogP contribution in [0.2, 0.25) is 0 Å². The van der Waals surface area contributed by atoms with Crippen molar-refractivity contribution in [3.05, 3.63) is 0 Å². The van der Waals surface area contributed by atoms with Gasteiger partial charge >= 0.3 is 0 Å². The molecule has 1 aliphatic rings. The minimum absolute atomic E-state index is 0.176. The number of carbonyl (C=O) groups is 1. The van der Waals surface area contributed by atoms with Gasteiger partial charge in [0, 0.05) is 24.9 Å². The van der Waals surface area contributed by atoms with E-state index in [4.69, 9.17) is 11.6 Å². The second-order valence-electron chi connectivity index (χ2n) is 5.45. The van der Waals surface area contributed by atoms with Gasteiger partial charge in [0.2, 0.25) is 5.91 Å². The van der Waals surface area contributed by atoms with Crippen molar-refractivity contribution >= 4 is 17.5 Å². The van der Waals surface area contributed by atoms with E-state index in [2.05, 4.69) is 20.8 Å². The lowest BCUT2D eigenvalue weighted by Crippen LogP contribution is -2.41. The van der Waals surface area contributed by atoms with Crippen molar-refractivity contribution in [2.45, 2.75) is 46.5 Å². The smallest absolute Gasteiger partial charge is 0.226 e. The van der Waals surface area contributed by atoms with Gasteiger partial charge in [-0.15, -0.1) is 11.6 Å². The molecule has 0 aromatic carbocycles. The molecule has 1 atom stereocenters. The van der Waals surface area contributed by atoms with Gasteiger partial charge in [-0.25, -0.2) is 0 Å². The number of halogens is 1. The van der Waals surface area contributed by atoms with Crippen molar-refractivity contribution in [1.29, 1.82) is 0 Å². The van der Waals surface area contributed by atoms with Crippen molar-refractivity contribution in [3.63, 3.8) is 0 Å². The maximum absolute atomic E-state index is 12.4. The lowest BCUT2D eigenvalue weighted by Gasteiger charge is -2.31.